The number of nitrogens with zero attached hydrogens (tertiary/aromatic N) is 1. The van der Waals surface area contributed by atoms with Gasteiger partial charge in [0.2, 0.25) is 0 Å². The van der Waals surface area contributed by atoms with Crippen LogP contribution in [0.1, 0.15) is 11.1 Å². The Morgan fingerprint density at radius 3 is 2.36 bits per heavy atom. The van der Waals surface area contributed by atoms with Crippen molar-refractivity contribution in [1.29, 1.82) is 5.26 Å². The van der Waals surface area contributed by atoms with E-state index in [4.69, 9.17) is 27.9 Å². The Kier molecular flexibility index (Phi) is 5.66. The molecule has 110 valence electrons. The van der Waals surface area contributed by atoms with Crippen LogP contribution in [-0.2, 0) is 0 Å². The molecule has 2 aromatic rings. The van der Waals surface area contributed by atoms with Crippen LogP contribution >= 0.6 is 23.2 Å². The van der Waals surface area contributed by atoms with Gasteiger partial charge < -0.3 is 4.74 Å². The van der Waals surface area contributed by atoms with E-state index in [2.05, 4.69) is 12.6 Å². The fraction of sp³-hybridized carbons (Fsp3) is 0.0556. The topological polar surface area (TPSA) is 33.0 Å². The Morgan fingerprint density at radius 2 is 1.82 bits per heavy atom. The molecule has 0 bridgehead atoms. The summed E-state index contributed by atoms with van der Waals surface area (Å²) in [4.78, 5) is 0. The summed E-state index contributed by atoms with van der Waals surface area (Å²) in [5.74, 6) is 0.415. The third-order valence-corrected chi connectivity index (χ3v) is 3.44. The lowest BCUT2D eigenvalue weighted by molar-refractivity contribution is 0.363. The largest absolute Gasteiger partial charge is 0.486 e. The first-order valence-electron chi connectivity index (χ1n) is 6.55. The van der Waals surface area contributed by atoms with E-state index in [9.17, 15) is 5.26 Å². The van der Waals surface area contributed by atoms with E-state index in [0.717, 1.165) is 11.1 Å². The van der Waals surface area contributed by atoms with Gasteiger partial charge >= 0.3 is 0 Å². The zero-order valence-electron chi connectivity index (χ0n) is 11.7. The Morgan fingerprint density at radius 1 is 1.18 bits per heavy atom. The normalized spacial score (nSPS) is 10.9. The van der Waals surface area contributed by atoms with E-state index in [1.807, 2.05) is 30.3 Å². The predicted molar refractivity (Wildman–Crippen MR) is 92.1 cm³/mol. The van der Waals surface area contributed by atoms with Crippen LogP contribution < -0.4 is 4.74 Å². The molecule has 0 heterocycles. The summed E-state index contributed by atoms with van der Waals surface area (Å²) >= 11 is 12.4. The van der Waals surface area contributed by atoms with Gasteiger partial charge in [0.25, 0.3) is 0 Å². The molecule has 0 unspecified atom stereocenters. The molecular weight excluding hydrogens is 317 g/mol. The molecule has 2 nitrogen and oxygen atoms in total. The highest BCUT2D eigenvalue weighted by Crippen LogP contribution is 2.35. The van der Waals surface area contributed by atoms with Crippen molar-refractivity contribution < 1.29 is 4.74 Å². The van der Waals surface area contributed by atoms with Gasteiger partial charge in [-0.1, -0.05) is 66.2 Å². The van der Waals surface area contributed by atoms with Gasteiger partial charge in [-0.2, -0.15) is 5.26 Å². The Labute approximate surface area is 139 Å². The molecule has 0 N–H and O–H groups in total. The Balaban J connectivity index is 2.39. The number of halogens is 2. The summed E-state index contributed by atoms with van der Waals surface area (Å²) in [6.07, 6.45) is 3.36. The van der Waals surface area contributed by atoms with Crippen LogP contribution in [0, 0.1) is 11.3 Å². The molecule has 0 aliphatic heterocycles. The van der Waals surface area contributed by atoms with Crippen LogP contribution in [0.25, 0.3) is 11.6 Å². The van der Waals surface area contributed by atoms with Crippen LogP contribution in [0.5, 0.6) is 5.75 Å². The van der Waals surface area contributed by atoms with Gasteiger partial charge in [0.15, 0.2) is 5.75 Å². The fourth-order valence-electron chi connectivity index (χ4n) is 1.91. The number of allylic oxidation sites excluding steroid dienone is 1. The maximum Gasteiger partial charge on any atom is 0.156 e. The van der Waals surface area contributed by atoms with E-state index in [1.165, 1.54) is 0 Å². The van der Waals surface area contributed by atoms with Gasteiger partial charge in [0, 0.05) is 0 Å². The minimum absolute atomic E-state index is 0.322. The summed E-state index contributed by atoms with van der Waals surface area (Å²) in [6.45, 7) is 3.90. The zero-order valence-corrected chi connectivity index (χ0v) is 13.2. The number of rotatable bonds is 5. The molecule has 0 spiro atoms. The molecule has 0 fully saturated rings. The smallest absolute Gasteiger partial charge is 0.156 e. The number of hydrogen-bond acceptors (Lipinski definition) is 2. The lowest BCUT2D eigenvalue weighted by atomic mass is 10.0. The number of ether oxygens (including phenoxy) is 1. The van der Waals surface area contributed by atoms with Crippen LogP contribution in [0.3, 0.4) is 0 Å². The highest BCUT2D eigenvalue weighted by Gasteiger charge is 2.09. The highest BCUT2D eigenvalue weighted by atomic mass is 35.5. The van der Waals surface area contributed by atoms with Crippen molar-refractivity contribution in [2.24, 2.45) is 0 Å². The molecule has 0 aliphatic rings. The van der Waals surface area contributed by atoms with Crippen molar-refractivity contribution >= 4 is 34.9 Å². The van der Waals surface area contributed by atoms with E-state index in [1.54, 1.807) is 24.3 Å². The van der Waals surface area contributed by atoms with Gasteiger partial charge in [-0.25, -0.2) is 0 Å². The maximum absolute atomic E-state index is 9.33. The quantitative estimate of drug-likeness (QED) is 0.405. The summed E-state index contributed by atoms with van der Waals surface area (Å²) in [5.41, 5.74) is 2.11. The summed E-state index contributed by atoms with van der Waals surface area (Å²) in [6, 6.07) is 15.0. The van der Waals surface area contributed by atoms with Crippen molar-refractivity contribution in [3.05, 3.63) is 76.3 Å². The average Bonchev–Trinajstić information content (AvgIpc) is 2.53. The van der Waals surface area contributed by atoms with E-state index < -0.39 is 0 Å². The molecule has 0 aliphatic carbocycles. The predicted octanol–water partition coefficient (Wildman–Crippen LogP) is 5.62. The molecule has 4 heteroatoms. The van der Waals surface area contributed by atoms with Crippen molar-refractivity contribution in [3.8, 4) is 11.8 Å². The minimum Gasteiger partial charge on any atom is -0.486 e. The van der Waals surface area contributed by atoms with Crippen molar-refractivity contribution in [2.45, 2.75) is 0 Å². The molecular formula is C18H13Cl2NO. The van der Waals surface area contributed by atoms with E-state index >= 15 is 0 Å². The number of nitriles is 1. The van der Waals surface area contributed by atoms with Gasteiger partial charge in [-0.05, 0) is 29.3 Å². The lowest BCUT2D eigenvalue weighted by Crippen LogP contribution is -1.95. The standard InChI is InChI=1S/C18H13Cl2NO/c1-2-8-22-18-16(19)10-13(11-17(18)20)9-15(12-21)14-6-4-3-5-7-14/h2-7,9-11H,1,8H2/b15-9+. The summed E-state index contributed by atoms with van der Waals surface area (Å²) in [5, 5.41) is 10.1. The molecule has 0 atom stereocenters. The molecule has 0 saturated heterocycles. The molecule has 2 aromatic carbocycles. The molecule has 0 aromatic heterocycles. The summed E-state index contributed by atoms with van der Waals surface area (Å²) < 4.78 is 5.42. The third kappa shape index (κ3) is 3.92. The monoisotopic (exact) mass is 329 g/mol. The second-order valence-electron chi connectivity index (χ2n) is 4.45. The number of benzene rings is 2. The lowest BCUT2D eigenvalue weighted by Gasteiger charge is -2.09. The van der Waals surface area contributed by atoms with Gasteiger partial charge in [0.05, 0.1) is 21.7 Å². The SMILES string of the molecule is C=CCOc1c(Cl)cc(/C=C(\C#N)c2ccccc2)cc1Cl. The first-order chi connectivity index (χ1) is 10.7. The summed E-state index contributed by atoms with van der Waals surface area (Å²) in [7, 11) is 0. The van der Waals surface area contributed by atoms with Crippen LogP contribution in [0.4, 0.5) is 0 Å². The Bertz CT molecular complexity index is 722. The fourth-order valence-corrected chi connectivity index (χ4v) is 2.52. The first kappa shape index (κ1) is 16.2. The molecule has 2 rings (SSSR count). The van der Waals surface area contributed by atoms with Crippen molar-refractivity contribution in [2.75, 3.05) is 6.61 Å². The van der Waals surface area contributed by atoms with E-state index in [-0.39, 0.29) is 0 Å². The molecule has 0 amide bonds. The second-order valence-corrected chi connectivity index (χ2v) is 5.26. The van der Waals surface area contributed by atoms with Crippen LogP contribution in [0.15, 0.2) is 55.1 Å². The van der Waals surface area contributed by atoms with Crippen molar-refractivity contribution in [3.63, 3.8) is 0 Å². The van der Waals surface area contributed by atoms with Crippen molar-refractivity contribution in [1.82, 2.24) is 0 Å². The highest BCUT2D eigenvalue weighted by molar-refractivity contribution is 6.37. The zero-order chi connectivity index (χ0) is 15.9. The van der Waals surface area contributed by atoms with Gasteiger partial charge in [-0.15, -0.1) is 0 Å². The number of hydrogen-bond donors (Lipinski definition) is 0. The minimum atomic E-state index is 0.322. The Hall–Kier alpha value is -2.21. The van der Waals surface area contributed by atoms with Crippen LogP contribution in [0.2, 0.25) is 10.0 Å². The molecule has 22 heavy (non-hydrogen) atoms. The average molecular weight is 330 g/mol. The van der Waals surface area contributed by atoms with Gasteiger partial charge in [-0.3, -0.25) is 0 Å². The van der Waals surface area contributed by atoms with E-state index in [0.29, 0.717) is 28.0 Å². The third-order valence-electron chi connectivity index (χ3n) is 2.88. The molecule has 0 saturated carbocycles. The maximum atomic E-state index is 9.33. The second kappa shape index (κ2) is 7.70. The first-order valence-corrected chi connectivity index (χ1v) is 7.31. The van der Waals surface area contributed by atoms with Crippen LogP contribution in [-0.4, -0.2) is 6.61 Å². The molecule has 0 radical (unpaired) electrons. The van der Waals surface area contributed by atoms with Gasteiger partial charge in [0.1, 0.15) is 6.61 Å².